The zero-order valence-electron chi connectivity index (χ0n) is 19.4. The standard InChI is InChI=1S/C23H40N4O3/c1-16(2)19(24)15-26-20(21(28)27-18-12-10-17(3)11-13-18)9-7-8-14-25-22(29)30-23(4,5)6/h10-13,16,19-20,26H,7-9,14-15,24H2,1-6H3,(H,25,29)(H,27,28)/t19-,20+/m1/s1. The van der Waals surface area contributed by atoms with Gasteiger partial charge >= 0.3 is 6.09 Å². The smallest absolute Gasteiger partial charge is 0.407 e. The average Bonchev–Trinajstić information content (AvgIpc) is 2.63. The molecular formula is C23H40N4O3. The third-order valence-electron chi connectivity index (χ3n) is 4.68. The minimum Gasteiger partial charge on any atom is -0.444 e. The molecule has 0 aliphatic carbocycles. The maximum absolute atomic E-state index is 12.8. The van der Waals surface area contributed by atoms with Crippen LogP contribution in [-0.2, 0) is 9.53 Å². The van der Waals surface area contributed by atoms with Crippen LogP contribution in [0.15, 0.2) is 24.3 Å². The van der Waals surface area contributed by atoms with Crippen LogP contribution in [-0.4, -0.2) is 42.8 Å². The second-order valence-corrected chi connectivity index (χ2v) is 9.15. The van der Waals surface area contributed by atoms with Crippen molar-refractivity contribution in [2.24, 2.45) is 11.7 Å². The first kappa shape index (κ1) is 25.9. The Morgan fingerprint density at radius 3 is 2.30 bits per heavy atom. The molecule has 7 nitrogen and oxygen atoms in total. The minimum atomic E-state index is -0.512. The lowest BCUT2D eigenvalue weighted by Crippen LogP contribution is -2.47. The van der Waals surface area contributed by atoms with Crippen LogP contribution >= 0.6 is 0 Å². The van der Waals surface area contributed by atoms with Crippen molar-refractivity contribution in [2.75, 3.05) is 18.4 Å². The first-order chi connectivity index (χ1) is 14.0. The van der Waals surface area contributed by atoms with Crippen molar-refractivity contribution >= 4 is 17.7 Å². The summed E-state index contributed by atoms with van der Waals surface area (Å²) < 4.78 is 5.23. The van der Waals surface area contributed by atoms with E-state index in [1.807, 2.05) is 52.0 Å². The molecule has 1 rings (SSSR count). The van der Waals surface area contributed by atoms with Gasteiger partial charge in [-0.3, -0.25) is 4.79 Å². The van der Waals surface area contributed by atoms with Crippen LogP contribution in [0.1, 0.15) is 59.4 Å². The highest BCUT2D eigenvalue weighted by Crippen LogP contribution is 2.11. The lowest BCUT2D eigenvalue weighted by molar-refractivity contribution is -0.118. The fourth-order valence-electron chi connectivity index (χ4n) is 2.68. The molecule has 0 radical (unpaired) electrons. The van der Waals surface area contributed by atoms with Gasteiger partial charge in [-0.1, -0.05) is 31.5 Å². The Bertz CT molecular complexity index is 653. The Morgan fingerprint density at radius 2 is 1.73 bits per heavy atom. The highest BCUT2D eigenvalue weighted by Gasteiger charge is 2.20. The van der Waals surface area contributed by atoms with Gasteiger partial charge in [0.1, 0.15) is 5.60 Å². The van der Waals surface area contributed by atoms with Gasteiger partial charge in [0, 0.05) is 24.8 Å². The van der Waals surface area contributed by atoms with E-state index in [4.69, 9.17) is 10.5 Å². The zero-order chi connectivity index (χ0) is 22.7. The average molecular weight is 421 g/mol. The predicted octanol–water partition coefficient (Wildman–Crippen LogP) is 3.57. The van der Waals surface area contributed by atoms with Crippen LogP contribution in [0.3, 0.4) is 0 Å². The summed E-state index contributed by atoms with van der Waals surface area (Å²) in [6, 6.07) is 7.36. The molecule has 0 saturated heterocycles. The summed E-state index contributed by atoms with van der Waals surface area (Å²) in [6.45, 7) is 12.7. The maximum Gasteiger partial charge on any atom is 0.407 e. The third-order valence-corrected chi connectivity index (χ3v) is 4.68. The number of hydrogen-bond acceptors (Lipinski definition) is 5. The lowest BCUT2D eigenvalue weighted by atomic mass is 10.0. The van der Waals surface area contributed by atoms with Crippen LogP contribution in [0, 0.1) is 12.8 Å². The number of rotatable bonds is 11. The summed E-state index contributed by atoms with van der Waals surface area (Å²) in [5, 5.41) is 9.04. The summed E-state index contributed by atoms with van der Waals surface area (Å²) in [7, 11) is 0. The third kappa shape index (κ3) is 11.2. The molecule has 5 N–H and O–H groups in total. The molecule has 0 heterocycles. The molecule has 170 valence electrons. The molecule has 1 aromatic carbocycles. The Hall–Kier alpha value is -2.12. The summed E-state index contributed by atoms with van der Waals surface area (Å²) >= 11 is 0. The highest BCUT2D eigenvalue weighted by molar-refractivity contribution is 5.94. The molecule has 30 heavy (non-hydrogen) atoms. The van der Waals surface area contributed by atoms with Crippen LogP contribution < -0.4 is 21.7 Å². The SMILES string of the molecule is Cc1ccc(NC(=O)[C@H](CCCCNC(=O)OC(C)(C)C)NC[C@@H](N)C(C)C)cc1. The normalized spacial score (nSPS) is 13.6. The van der Waals surface area contributed by atoms with E-state index >= 15 is 0 Å². The number of benzene rings is 1. The highest BCUT2D eigenvalue weighted by atomic mass is 16.6. The number of nitrogens with two attached hydrogens (primary N) is 1. The van der Waals surface area contributed by atoms with Crippen LogP contribution in [0.25, 0.3) is 0 Å². The Balaban J connectivity index is 2.53. The van der Waals surface area contributed by atoms with Crippen molar-refractivity contribution < 1.29 is 14.3 Å². The number of carbonyl (C=O) groups is 2. The van der Waals surface area contributed by atoms with Crippen LogP contribution in [0.5, 0.6) is 0 Å². The van der Waals surface area contributed by atoms with Gasteiger partial charge in [-0.15, -0.1) is 0 Å². The van der Waals surface area contributed by atoms with Gasteiger partial charge in [0.05, 0.1) is 6.04 Å². The van der Waals surface area contributed by atoms with E-state index in [1.165, 1.54) is 0 Å². The molecule has 0 bridgehead atoms. The monoisotopic (exact) mass is 420 g/mol. The number of alkyl carbamates (subject to hydrolysis) is 1. The quantitative estimate of drug-likeness (QED) is 0.410. The van der Waals surface area contributed by atoms with Crippen molar-refractivity contribution in [3.8, 4) is 0 Å². The van der Waals surface area contributed by atoms with E-state index in [0.717, 1.165) is 24.1 Å². The van der Waals surface area contributed by atoms with Crippen LogP contribution in [0.2, 0.25) is 0 Å². The Labute approximate surface area is 181 Å². The number of amides is 2. The largest absolute Gasteiger partial charge is 0.444 e. The van der Waals surface area contributed by atoms with Gasteiger partial charge in [-0.05, 0) is 65.0 Å². The van der Waals surface area contributed by atoms with E-state index in [0.29, 0.717) is 25.4 Å². The molecule has 0 unspecified atom stereocenters. The van der Waals surface area contributed by atoms with E-state index in [9.17, 15) is 9.59 Å². The summed E-state index contributed by atoms with van der Waals surface area (Å²) in [5.74, 6) is 0.256. The molecule has 0 aliphatic rings. The summed E-state index contributed by atoms with van der Waals surface area (Å²) in [5.41, 5.74) is 7.54. The second kappa shape index (κ2) is 12.5. The minimum absolute atomic E-state index is 0.0199. The Kier molecular flexibility index (Phi) is 10.8. The van der Waals surface area contributed by atoms with Crippen molar-refractivity contribution in [3.63, 3.8) is 0 Å². The van der Waals surface area contributed by atoms with Gasteiger partial charge in [0.25, 0.3) is 0 Å². The fraction of sp³-hybridized carbons (Fsp3) is 0.652. The number of anilines is 1. The first-order valence-corrected chi connectivity index (χ1v) is 10.8. The number of hydrogen-bond donors (Lipinski definition) is 4. The van der Waals surface area contributed by atoms with E-state index in [1.54, 1.807) is 0 Å². The summed E-state index contributed by atoms with van der Waals surface area (Å²) in [6.07, 6.45) is 1.77. The number of nitrogens with one attached hydrogen (secondary N) is 3. The van der Waals surface area contributed by atoms with E-state index in [-0.39, 0.29) is 18.0 Å². The zero-order valence-corrected chi connectivity index (χ0v) is 19.4. The number of carbonyl (C=O) groups excluding carboxylic acids is 2. The van der Waals surface area contributed by atoms with Gasteiger partial charge in [0.2, 0.25) is 5.91 Å². The van der Waals surface area contributed by atoms with Gasteiger partial charge in [0.15, 0.2) is 0 Å². The first-order valence-electron chi connectivity index (χ1n) is 10.8. The molecule has 0 fully saturated rings. The molecule has 0 aromatic heterocycles. The van der Waals surface area contributed by atoms with Crippen molar-refractivity contribution in [1.29, 1.82) is 0 Å². The lowest BCUT2D eigenvalue weighted by Gasteiger charge is -2.23. The van der Waals surface area contributed by atoms with Crippen molar-refractivity contribution in [3.05, 3.63) is 29.8 Å². The Morgan fingerprint density at radius 1 is 1.10 bits per heavy atom. The van der Waals surface area contributed by atoms with Crippen molar-refractivity contribution in [1.82, 2.24) is 10.6 Å². The molecule has 2 amide bonds. The molecule has 7 heteroatoms. The molecule has 0 saturated carbocycles. The molecule has 2 atom stereocenters. The molecule has 0 aliphatic heterocycles. The number of ether oxygens (including phenoxy) is 1. The maximum atomic E-state index is 12.8. The van der Waals surface area contributed by atoms with Gasteiger partial charge in [-0.25, -0.2) is 4.79 Å². The van der Waals surface area contributed by atoms with E-state index < -0.39 is 11.7 Å². The van der Waals surface area contributed by atoms with Crippen LogP contribution in [0.4, 0.5) is 10.5 Å². The fourth-order valence-corrected chi connectivity index (χ4v) is 2.68. The second-order valence-electron chi connectivity index (χ2n) is 9.15. The van der Waals surface area contributed by atoms with E-state index in [2.05, 4.69) is 29.8 Å². The summed E-state index contributed by atoms with van der Waals surface area (Å²) in [4.78, 5) is 24.5. The molecule has 0 spiro atoms. The topological polar surface area (TPSA) is 105 Å². The van der Waals surface area contributed by atoms with Gasteiger partial charge < -0.3 is 26.4 Å². The predicted molar refractivity (Wildman–Crippen MR) is 123 cm³/mol. The molecular weight excluding hydrogens is 380 g/mol. The van der Waals surface area contributed by atoms with Gasteiger partial charge in [-0.2, -0.15) is 0 Å². The van der Waals surface area contributed by atoms with Crippen molar-refractivity contribution in [2.45, 2.75) is 78.5 Å². The number of unbranched alkanes of at least 4 members (excludes halogenated alkanes) is 1. The number of aryl methyl sites for hydroxylation is 1. The molecule has 1 aromatic rings.